The van der Waals surface area contributed by atoms with Gasteiger partial charge in [0.1, 0.15) is 5.75 Å². The van der Waals surface area contributed by atoms with E-state index < -0.39 is 5.97 Å². The van der Waals surface area contributed by atoms with Gasteiger partial charge in [0.2, 0.25) is 0 Å². The monoisotopic (exact) mass is 350 g/mol. The van der Waals surface area contributed by atoms with E-state index in [0.29, 0.717) is 12.1 Å². The highest BCUT2D eigenvalue weighted by atomic mass is 16.7. The summed E-state index contributed by atoms with van der Waals surface area (Å²) < 4.78 is 7.40. The molecule has 26 heavy (non-hydrogen) atoms. The van der Waals surface area contributed by atoms with Gasteiger partial charge in [0, 0.05) is 43.1 Å². The fraction of sp³-hybridized carbons (Fsp3) is 0.238. The minimum absolute atomic E-state index is 0.440. The van der Waals surface area contributed by atoms with Gasteiger partial charge >= 0.3 is 5.97 Å². The lowest BCUT2D eigenvalue weighted by Crippen LogP contribution is -2.08. The van der Waals surface area contributed by atoms with Crippen molar-refractivity contribution in [3.05, 3.63) is 65.4 Å². The van der Waals surface area contributed by atoms with Crippen molar-refractivity contribution in [1.29, 1.82) is 0 Å². The molecule has 0 bridgehead atoms. The van der Waals surface area contributed by atoms with Crippen LogP contribution in [0.5, 0.6) is 5.75 Å². The summed E-state index contributed by atoms with van der Waals surface area (Å²) in [5, 5.41) is 5.17. The second-order valence-electron chi connectivity index (χ2n) is 6.26. The number of methoxy groups -OCH3 is 1. The van der Waals surface area contributed by atoms with Crippen molar-refractivity contribution in [3.8, 4) is 5.75 Å². The molecule has 1 heterocycles. The highest BCUT2D eigenvalue weighted by Crippen LogP contribution is 2.27. The third-order valence-corrected chi connectivity index (χ3v) is 4.41. The van der Waals surface area contributed by atoms with E-state index in [0.717, 1.165) is 27.8 Å². The Labute approximate surface area is 152 Å². The Balaban J connectivity index is 2.12. The van der Waals surface area contributed by atoms with Crippen LogP contribution in [0.1, 0.15) is 23.6 Å². The smallest absolute Gasteiger partial charge is 0.331 e. The first-order valence-electron chi connectivity index (χ1n) is 8.42. The van der Waals surface area contributed by atoms with Crippen molar-refractivity contribution in [2.24, 2.45) is 12.2 Å². The van der Waals surface area contributed by atoms with Crippen molar-refractivity contribution in [1.82, 2.24) is 4.57 Å². The number of rotatable bonds is 5. The van der Waals surface area contributed by atoms with Gasteiger partial charge in [-0.05, 0) is 36.2 Å². The Morgan fingerprint density at radius 3 is 2.65 bits per heavy atom. The Morgan fingerprint density at radius 1 is 1.19 bits per heavy atom. The van der Waals surface area contributed by atoms with Crippen molar-refractivity contribution in [3.63, 3.8) is 0 Å². The lowest BCUT2D eigenvalue weighted by Gasteiger charge is -2.08. The van der Waals surface area contributed by atoms with E-state index in [1.807, 2.05) is 48.1 Å². The molecule has 0 saturated carbocycles. The molecule has 0 spiro atoms. The summed E-state index contributed by atoms with van der Waals surface area (Å²) in [4.78, 5) is 16.3. The van der Waals surface area contributed by atoms with E-state index in [1.165, 1.54) is 12.5 Å². The molecule has 0 saturated heterocycles. The van der Waals surface area contributed by atoms with E-state index >= 15 is 0 Å². The minimum atomic E-state index is -0.440. The molecule has 134 valence electrons. The fourth-order valence-corrected chi connectivity index (χ4v) is 3.01. The largest absolute Gasteiger partial charge is 0.497 e. The standard InChI is InChI=1S/C21H22N2O3/c1-14-7-5-6-8-16(14)11-20(22-26-15(2)24)19-13-23(3)21-10-9-17(25-4)12-18(19)21/h5-10,12-13H,11H2,1-4H3/b22-20+. The van der Waals surface area contributed by atoms with Gasteiger partial charge in [0.15, 0.2) is 0 Å². The van der Waals surface area contributed by atoms with Crippen LogP contribution in [-0.4, -0.2) is 23.4 Å². The van der Waals surface area contributed by atoms with Gasteiger partial charge in [-0.15, -0.1) is 0 Å². The van der Waals surface area contributed by atoms with Gasteiger partial charge in [-0.1, -0.05) is 29.4 Å². The van der Waals surface area contributed by atoms with Gasteiger partial charge in [-0.25, -0.2) is 4.79 Å². The van der Waals surface area contributed by atoms with Crippen LogP contribution >= 0.6 is 0 Å². The predicted molar refractivity (Wildman–Crippen MR) is 103 cm³/mol. The summed E-state index contributed by atoms with van der Waals surface area (Å²) in [6.45, 7) is 3.41. The molecule has 2 aromatic carbocycles. The molecule has 0 aliphatic heterocycles. The van der Waals surface area contributed by atoms with Crippen molar-refractivity contribution in [2.45, 2.75) is 20.3 Å². The third kappa shape index (κ3) is 3.61. The van der Waals surface area contributed by atoms with Crippen molar-refractivity contribution < 1.29 is 14.4 Å². The van der Waals surface area contributed by atoms with Gasteiger partial charge in [0.05, 0.1) is 12.8 Å². The fourth-order valence-electron chi connectivity index (χ4n) is 3.01. The van der Waals surface area contributed by atoms with Crippen LogP contribution < -0.4 is 4.74 Å². The van der Waals surface area contributed by atoms with Crippen LogP contribution in [0.4, 0.5) is 0 Å². The molecular weight excluding hydrogens is 328 g/mol. The molecule has 5 nitrogen and oxygen atoms in total. The second kappa shape index (κ2) is 7.44. The molecule has 0 fully saturated rings. The predicted octanol–water partition coefficient (Wildman–Crippen LogP) is 4.01. The number of ether oxygens (including phenoxy) is 1. The summed E-state index contributed by atoms with van der Waals surface area (Å²) >= 11 is 0. The number of aromatic nitrogens is 1. The molecule has 0 aliphatic carbocycles. The molecule has 0 radical (unpaired) electrons. The number of carbonyl (C=O) groups is 1. The van der Waals surface area contributed by atoms with E-state index in [1.54, 1.807) is 7.11 Å². The van der Waals surface area contributed by atoms with Gasteiger partial charge in [-0.3, -0.25) is 0 Å². The SMILES string of the molecule is COc1ccc2c(c1)c(/C(Cc1ccccc1C)=N/OC(C)=O)cn2C. The number of hydrogen-bond donors (Lipinski definition) is 0. The number of carbonyl (C=O) groups excluding carboxylic acids is 1. The van der Waals surface area contributed by atoms with Crippen LogP contribution in [-0.2, 0) is 23.1 Å². The van der Waals surface area contributed by atoms with E-state index in [4.69, 9.17) is 9.57 Å². The van der Waals surface area contributed by atoms with Gasteiger partial charge in [-0.2, -0.15) is 0 Å². The maximum absolute atomic E-state index is 11.3. The van der Waals surface area contributed by atoms with Crippen molar-refractivity contribution >= 4 is 22.6 Å². The summed E-state index contributed by atoms with van der Waals surface area (Å²) in [5.41, 5.74) is 4.99. The topological polar surface area (TPSA) is 52.8 Å². The molecule has 0 atom stereocenters. The van der Waals surface area contributed by atoms with Crippen LogP contribution in [0.25, 0.3) is 10.9 Å². The molecular formula is C21H22N2O3. The van der Waals surface area contributed by atoms with Crippen LogP contribution in [0.2, 0.25) is 0 Å². The summed E-state index contributed by atoms with van der Waals surface area (Å²) in [7, 11) is 3.63. The molecule has 3 aromatic rings. The zero-order valence-electron chi connectivity index (χ0n) is 15.4. The molecule has 0 amide bonds. The van der Waals surface area contributed by atoms with Gasteiger partial charge < -0.3 is 14.1 Å². The highest BCUT2D eigenvalue weighted by Gasteiger charge is 2.16. The lowest BCUT2D eigenvalue weighted by atomic mass is 9.98. The van der Waals surface area contributed by atoms with E-state index in [9.17, 15) is 4.79 Å². The highest BCUT2D eigenvalue weighted by molar-refractivity contribution is 6.12. The molecule has 1 aromatic heterocycles. The Bertz CT molecular complexity index is 986. The zero-order valence-corrected chi connectivity index (χ0v) is 15.4. The number of nitrogens with zero attached hydrogens (tertiary/aromatic N) is 2. The van der Waals surface area contributed by atoms with Crippen LogP contribution in [0, 0.1) is 6.92 Å². The molecule has 5 heteroatoms. The molecule has 0 N–H and O–H groups in total. The van der Waals surface area contributed by atoms with Gasteiger partial charge in [0.25, 0.3) is 0 Å². The lowest BCUT2D eigenvalue weighted by molar-refractivity contribution is -0.140. The first-order valence-corrected chi connectivity index (χ1v) is 8.42. The van der Waals surface area contributed by atoms with Crippen LogP contribution in [0.3, 0.4) is 0 Å². The van der Waals surface area contributed by atoms with Crippen molar-refractivity contribution in [2.75, 3.05) is 7.11 Å². The van der Waals surface area contributed by atoms with E-state index in [-0.39, 0.29) is 0 Å². The van der Waals surface area contributed by atoms with Crippen LogP contribution in [0.15, 0.2) is 53.8 Å². The average Bonchev–Trinajstić information content (AvgIpc) is 2.96. The summed E-state index contributed by atoms with van der Waals surface area (Å²) in [6, 6.07) is 14.0. The average molecular weight is 350 g/mol. The van der Waals surface area contributed by atoms with E-state index in [2.05, 4.69) is 24.2 Å². The number of hydrogen-bond acceptors (Lipinski definition) is 4. The third-order valence-electron chi connectivity index (χ3n) is 4.41. The second-order valence-corrected chi connectivity index (χ2v) is 6.26. The maximum atomic E-state index is 11.3. The summed E-state index contributed by atoms with van der Waals surface area (Å²) in [6.07, 6.45) is 2.57. The molecule has 0 aliphatic rings. The number of benzene rings is 2. The Morgan fingerprint density at radius 2 is 1.96 bits per heavy atom. The number of fused-ring (bicyclic) bond motifs is 1. The number of oxime groups is 1. The first kappa shape index (κ1) is 17.7. The quantitative estimate of drug-likeness (QED) is 0.397. The maximum Gasteiger partial charge on any atom is 0.331 e. The Kier molecular flexibility index (Phi) is 5.07. The summed E-state index contributed by atoms with van der Waals surface area (Å²) in [5.74, 6) is 0.331. The Hall–Kier alpha value is -3.08. The molecule has 3 rings (SSSR count). The minimum Gasteiger partial charge on any atom is -0.497 e. The first-order chi connectivity index (χ1) is 12.5. The number of aryl methyl sites for hydroxylation is 2. The molecule has 0 unspecified atom stereocenters. The zero-order chi connectivity index (χ0) is 18.7. The normalized spacial score (nSPS) is 11.6.